The van der Waals surface area contributed by atoms with E-state index in [-0.39, 0.29) is 6.61 Å². The molecule has 0 radical (unpaired) electrons. The second-order valence-corrected chi connectivity index (χ2v) is 4.70. The molecular weight excluding hydrogens is 266 g/mol. The highest BCUT2D eigenvalue weighted by Crippen LogP contribution is 2.30. The van der Waals surface area contributed by atoms with Crippen molar-refractivity contribution in [2.45, 2.75) is 0 Å². The Balaban J connectivity index is 2.22. The molecular formula is C14H12ClNOS. The van der Waals surface area contributed by atoms with Crippen LogP contribution in [0.3, 0.4) is 0 Å². The Bertz CT molecular complexity index is 557. The summed E-state index contributed by atoms with van der Waals surface area (Å²) in [6.07, 6.45) is 0. The van der Waals surface area contributed by atoms with Gasteiger partial charge >= 0.3 is 0 Å². The molecule has 2 aromatic carbocycles. The molecule has 2 aromatic rings. The van der Waals surface area contributed by atoms with Gasteiger partial charge in [0, 0.05) is 0 Å². The number of ether oxygens (including phenoxy) is 1. The van der Waals surface area contributed by atoms with E-state index in [0.717, 1.165) is 11.1 Å². The second kappa shape index (κ2) is 5.85. The van der Waals surface area contributed by atoms with E-state index >= 15 is 0 Å². The summed E-state index contributed by atoms with van der Waals surface area (Å²) in [7, 11) is 0. The zero-order valence-corrected chi connectivity index (χ0v) is 11.2. The number of nitrogens with two attached hydrogens (primary N) is 1. The molecule has 4 heteroatoms. The molecule has 0 saturated heterocycles. The van der Waals surface area contributed by atoms with Crippen LogP contribution in [0.25, 0.3) is 11.1 Å². The third-order valence-corrected chi connectivity index (χ3v) is 2.82. The zero-order chi connectivity index (χ0) is 13.0. The van der Waals surface area contributed by atoms with E-state index in [0.29, 0.717) is 15.8 Å². The minimum absolute atomic E-state index is 0.194. The summed E-state index contributed by atoms with van der Waals surface area (Å²) in [6.45, 7) is 0.194. The van der Waals surface area contributed by atoms with Crippen LogP contribution >= 0.6 is 23.8 Å². The Kier molecular flexibility index (Phi) is 4.18. The van der Waals surface area contributed by atoms with E-state index in [1.54, 1.807) is 0 Å². The molecule has 0 amide bonds. The van der Waals surface area contributed by atoms with Crippen LogP contribution in [0.2, 0.25) is 5.02 Å². The van der Waals surface area contributed by atoms with Crippen LogP contribution in [0.1, 0.15) is 0 Å². The molecule has 0 unspecified atom stereocenters. The van der Waals surface area contributed by atoms with Gasteiger partial charge < -0.3 is 10.5 Å². The highest BCUT2D eigenvalue weighted by atomic mass is 35.5. The van der Waals surface area contributed by atoms with Crippen molar-refractivity contribution in [1.82, 2.24) is 0 Å². The quantitative estimate of drug-likeness (QED) is 0.866. The normalized spacial score (nSPS) is 10.1. The zero-order valence-electron chi connectivity index (χ0n) is 9.60. The van der Waals surface area contributed by atoms with Crippen molar-refractivity contribution in [2.24, 2.45) is 5.73 Å². The molecule has 92 valence electrons. The summed E-state index contributed by atoms with van der Waals surface area (Å²) >= 11 is 10.9. The van der Waals surface area contributed by atoms with Crippen LogP contribution in [0.5, 0.6) is 5.75 Å². The van der Waals surface area contributed by atoms with Crippen molar-refractivity contribution in [1.29, 1.82) is 0 Å². The number of benzene rings is 2. The average molecular weight is 278 g/mol. The van der Waals surface area contributed by atoms with Crippen molar-refractivity contribution < 1.29 is 4.74 Å². The second-order valence-electron chi connectivity index (χ2n) is 3.77. The highest BCUT2D eigenvalue weighted by Gasteiger charge is 2.05. The third kappa shape index (κ3) is 3.22. The van der Waals surface area contributed by atoms with Gasteiger partial charge in [0.1, 0.15) is 17.3 Å². The minimum atomic E-state index is 0.194. The predicted molar refractivity (Wildman–Crippen MR) is 79.2 cm³/mol. The molecule has 2 N–H and O–H groups in total. The van der Waals surface area contributed by atoms with Gasteiger partial charge in [-0.05, 0) is 23.3 Å². The molecule has 2 rings (SSSR count). The van der Waals surface area contributed by atoms with Crippen molar-refractivity contribution in [3.8, 4) is 16.9 Å². The monoisotopic (exact) mass is 277 g/mol. The van der Waals surface area contributed by atoms with Crippen LogP contribution in [-0.2, 0) is 0 Å². The Labute approximate surface area is 116 Å². The van der Waals surface area contributed by atoms with E-state index in [1.807, 2.05) is 48.5 Å². The molecule has 0 fully saturated rings. The van der Waals surface area contributed by atoms with Gasteiger partial charge in [0.25, 0.3) is 0 Å². The van der Waals surface area contributed by atoms with Gasteiger partial charge in [-0.3, -0.25) is 0 Å². The maximum absolute atomic E-state index is 6.15. The molecule has 0 aromatic heterocycles. The van der Waals surface area contributed by atoms with E-state index in [9.17, 15) is 0 Å². The van der Waals surface area contributed by atoms with Gasteiger partial charge in [0.2, 0.25) is 0 Å². The van der Waals surface area contributed by atoms with E-state index in [1.165, 1.54) is 0 Å². The number of hydrogen-bond acceptors (Lipinski definition) is 2. The summed E-state index contributed by atoms with van der Waals surface area (Å²) in [6, 6.07) is 15.7. The lowest BCUT2D eigenvalue weighted by Gasteiger charge is -2.09. The maximum Gasteiger partial charge on any atom is 0.138 e. The van der Waals surface area contributed by atoms with Crippen molar-refractivity contribution in [3.63, 3.8) is 0 Å². The largest absolute Gasteiger partial charge is 0.485 e. The summed E-state index contributed by atoms with van der Waals surface area (Å²) in [5, 5.41) is 0.549. The Morgan fingerprint density at radius 3 is 2.44 bits per heavy atom. The first-order valence-corrected chi connectivity index (χ1v) is 6.21. The molecule has 0 aliphatic rings. The molecule has 0 saturated carbocycles. The number of rotatable bonds is 4. The van der Waals surface area contributed by atoms with Crippen LogP contribution in [0.15, 0.2) is 48.5 Å². The lowest BCUT2D eigenvalue weighted by molar-refractivity contribution is 0.378. The van der Waals surface area contributed by atoms with Crippen LogP contribution in [0, 0.1) is 0 Å². The fourth-order valence-corrected chi connectivity index (χ4v) is 1.87. The molecule has 0 spiro atoms. The van der Waals surface area contributed by atoms with Crippen LogP contribution < -0.4 is 10.5 Å². The van der Waals surface area contributed by atoms with Gasteiger partial charge in [-0.2, -0.15) is 0 Å². The molecule has 0 atom stereocenters. The van der Waals surface area contributed by atoms with Gasteiger partial charge in [-0.25, -0.2) is 0 Å². The Morgan fingerprint density at radius 2 is 1.83 bits per heavy atom. The Hall–Kier alpha value is -1.58. The summed E-state index contributed by atoms with van der Waals surface area (Å²) < 4.78 is 5.39. The molecule has 0 aliphatic carbocycles. The van der Waals surface area contributed by atoms with E-state index in [2.05, 4.69) is 0 Å². The third-order valence-electron chi connectivity index (χ3n) is 2.41. The molecule has 0 heterocycles. The van der Waals surface area contributed by atoms with Crippen molar-refractivity contribution in [3.05, 3.63) is 53.6 Å². The van der Waals surface area contributed by atoms with E-state index < -0.39 is 0 Å². The highest BCUT2D eigenvalue weighted by molar-refractivity contribution is 7.80. The van der Waals surface area contributed by atoms with Gasteiger partial charge in [0.15, 0.2) is 0 Å². The first-order chi connectivity index (χ1) is 8.66. The smallest absolute Gasteiger partial charge is 0.138 e. The lowest BCUT2D eigenvalue weighted by atomic mass is 10.1. The fraction of sp³-hybridized carbons (Fsp3) is 0.0714. The fourth-order valence-electron chi connectivity index (χ4n) is 1.58. The maximum atomic E-state index is 6.15. The first-order valence-electron chi connectivity index (χ1n) is 5.43. The topological polar surface area (TPSA) is 35.2 Å². The summed E-state index contributed by atoms with van der Waals surface area (Å²) in [5.41, 5.74) is 7.53. The van der Waals surface area contributed by atoms with Gasteiger partial charge in [-0.1, -0.05) is 60.2 Å². The molecule has 0 aliphatic heterocycles. The summed E-state index contributed by atoms with van der Waals surface area (Å²) in [4.78, 5) is 0.304. The van der Waals surface area contributed by atoms with Crippen LogP contribution in [0.4, 0.5) is 0 Å². The summed E-state index contributed by atoms with van der Waals surface area (Å²) in [5.74, 6) is 0.587. The van der Waals surface area contributed by atoms with Gasteiger partial charge in [-0.15, -0.1) is 0 Å². The van der Waals surface area contributed by atoms with Crippen LogP contribution in [-0.4, -0.2) is 11.6 Å². The van der Waals surface area contributed by atoms with E-state index in [4.69, 9.17) is 34.3 Å². The number of hydrogen-bond donors (Lipinski definition) is 1. The SMILES string of the molecule is NC(=S)COc1ccc(-c2ccccc2)cc1Cl. The minimum Gasteiger partial charge on any atom is -0.485 e. The number of thiocarbonyl (C=S) groups is 1. The Morgan fingerprint density at radius 1 is 1.11 bits per heavy atom. The number of halogens is 1. The molecule has 0 bridgehead atoms. The van der Waals surface area contributed by atoms with Gasteiger partial charge in [0.05, 0.1) is 5.02 Å². The molecule has 2 nitrogen and oxygen atoms in total. The lowest BCUT2D eigenvalue weighted by Crippen LogP contribution is -2.17. The average Bonchev–Trinajstić information content (AvgIpc) is 2.38. The van der Waals surface area contributed by atoms with Crippen molar-refractivity contribution in [2.75, 3.05) is 6.61 Å². The van der Waals surface area contributed by atoms with Crippen molar-refractivity contribution >= 4 is 28.8 Å². The predicted octanol–water partition coefficient (Wildman–Crippen LogP) is 3.67. The first kappa shape index (κ1) is 12.9. The standard InChI is InChI=1S/C14H12ClNOS/c15-12-8-11(10-4-2-1-3-5-10)6-7-13(12)17-9-14(16)18/h1-8H,9H2,(H2,16,18). The molecule has 18 heavy (non-hydrogen) atoms.